The van der Waals surface area contributed by atoms with Gasteiger partial charge in [0.25, 0.3) is 0 Å². The number of aromatic nitrogens is 2. The maximum atomic E-state index is 5.50. The Kier molecular flexibility index (Phi) is 5.39. The molecule has 0 aliphatic rings. The van der Waals surface area contributed by atoms with E-state index in [4.69, 9.17) is 4.74 Å². The van der Waals surface area contributed by atoms with E-state index in [9.17, 15) is 0 Å². The number of nitrogens with zero attached hydrogens (tertiary/aromatic N) is 2. The van der Waals surface area contributed by atoms with Gasteiger partial charge < -0.3 is 10.1 Å². The third-order valence-corrected chi connectivity index (χ3v) is 3.72. The van der Waals surface area contributed by atoms with Crippen LogP contribution >= 0.6 is 0 Å². The summed E-state index contributed by atoms with van der Waals surface area (Å²) in [7, 11) is 3.72. The van der Waals surface area contributed by atoms with Crippen LogP contribution in [-0.4, -0.2) is 23.4 Å². The molecule has 0 spiro atoms. The van der Waals surface area contributed by atoms with E-state index in [1.165, 1.54) is 16.8 Å². The molecule has 1 heterocycles. The van der Waals surface area contributed by atoms with E-state index in [1.54, 1.807) is 7.11 Å². The van der Waals surface area contributed by atoms with Gasteiger partial charge in [0.05, 0.1) is 18.8 Å². The van der Waals surface area contributed by atoms with Crippen molar-refractivity contribution in [2.45, 2.75) is 32.7 Å². The second kappa shape index (κ2) is 7.27. The van der Waals surface area contributed by atoms with Crippen molar-refractivity contribution in [2.75, 3.05) is 13.7 Å². The Morgan fingerprint density at radius 1 is 1.33 bits per heavy atom. The van der Waals surface area contributed by atoms with Crippen molar-refractivity contribution in [3.8, 4) is 5.75 Å². The van der Waals surface area contributed by atoms with E-state index < -0.39 is 0 Å². The molecule has 1 atom stereocenters. The van der Waals surface area contributed by atoms with Crippen LogP contribution < -0.4 is 10.1 Å². The molecule has 21 heavy (non-hydrogen) atoms. The zero-order valence-electron chi connectivity index (χ0n) is 13.4. The Morgan fingerprint density at radius 3 is 2.76 bits per heavy atom. The number of hydrogen-bond donors (Lipinski definition) is 1. The molecular weight excluding hydrogens is 262 g/mol. The molecule has 0 saturated heterocycles. The molecule has 0 saturated carbocycles. The lowest BCUT2D eigenvalue weighted by molar-refractivity contribution is 0.403. The number of rotatable bonds is 7. The molecule has 1 N–H and O–H groups in total. The van der Waals surface area contributed by atoms with E-state index in [-0.39, 0.29) is 6.04 Å². The van der Waals surface area contributed by atoms with Crippen molar-refractivity contribution in [1.29, 1.82) is 0 Å². The van der Waals surface area contributed by atoms with Crippen LogP contribution in [0.4, 0.5) is 0 Å². The lowest BCUT2D eigenvalue weighted by Crippen LogP contribution is -2.26. The summed E-state index contributed by atoms with van der Waals surface area (Å²) in [5, 5.41) is 7.91. The molecule has 4 nitrogen and oxygen atoms in total. The van der Waals surface area contributed by atoms with Gasteiger partial charge in [-0.05, 0) is 44.0 Å². The van der Waals surface area contributed by atoms with Crippen LogP contribution in [0.15, 0.2) is 30.5 Å². The highest BCUT2D eigenvalue weighted by Crippen LogP contribution is 2.26. The average molecular weight is 287 g/mol. The third-order valence-electron chi connectivity index (χ3n) is 3.72. The van der Waals surface area contributed by atoms with Crippen molar-refractivity contribution in [3.05, 3.63) is 47.3 Å². The number of benzene rings is 1. The highest BCUT2D eigenvalue weighted by molar-refractivity contribution is 5.38. The summed E-state index contributed by atoms with van der Waals surface area (Å²) in [4.78, 5) is 0. The average Bonchev–Trinajstić information content (AvgIpc) is 2.90. The number of methoxy groups -OCH3 is 1. The van der Waals surface area contributed by atoms with Gasteiger partial charge in [-0.2, -0.15) is 5.10 Å². The number of hydrogen-bond acceptors (Lipinski definition) is 3. The Hall–Kier alpha value is -1.81. The van der Waals surface area contributed by atoms with Crippen molar-refractivity contribution >= 4 is 0 Å². The monoisotopic (exact) mass is 287 g/mol. The fourth-order valence-corrected chi connectivity index (χ4v) is 2.61. The van der Waals surface area contributed by atoms with Crippen LogP contribution in [0.1, 0.15) is 36.2 Å². The highest BCUT2D eigenvalue weighted by atomic mass is 16.5. The molecule has 0 radical (unpaired) electrons. The van der Waals surface area contributed by atoms with E-state index in [0.717, 1.165) is 25.1 Å². The summed E-state index contributed by atoms with van der Waals surface area (Å²) in [5.74, 6) is 0.950. The maximum absolute atomic E-state index is 5.50. The minimum Gasteiger partial charge on any atom is -0.496 e. The van der Waals surface area contributed by atoms with Gasteiger partial charge in [0.2, 0.25) is 0 Å². The summed E-state index contributed by atoms with van der Waals surface area (Å²) in [6, 6.07) is 8.66. The second-order valence-corrected chi connectivity index (χ2v) is 5.41. The predicted octanol–water partition coefficient (Wildman–Crippen LogP) is 3.02. The Balaban J connectivity index is 2.26. The zero-order valence-corrected chi connectivity index (χ0v) is 13.4. The Bertz CT molecular complexity index is 577. The molecule has 1 unspecified atom stereocenters. The van der Waals surface area contributed by atoms with E-state index >= 15 is 0 Å². The largest absolute Gasteiger partial charge is 0.496 e. The molecule has 0 bridgehead atoms. The van der Waals surface area contributed by atoms with Gasteiger partial charge in [-0.1, -0.05) is 24.6 Å². The topological polar surface area (TPSA) is 39.1 Å². The number of nitrogens with one attached hydrogen (secondary N) is 1. The standard InChI is InChI=1S/C17H25N3O/c1-5-9-18-15(16-8-10-19-20(16)3)12-14-11-13(2)6-7-17(14)21-4/h6-8,10-11,15,18H,5,9,12H2,1-4H3. The fourth-order valence-electron chi connectivity index (χ4n) is 2.61. The van der Waals surface area contributed by atoms with Crippen molar-refractivity contribution in [3.63, 3.8) is 0 Å². The first kappa shape index (κ1) is 15.6. The minimum atomic E-state index is 0.244. The van der Waals surface area contributed by atoms with Crippen LogP contribution in [0, 0.1) is 6.92 Å². The quantitative estimate of drug-likeness (QED) is 0.851. The number of aryl methyl sites for hydroxylation is 2. The highest BCUT2D eigenvalue weighted by Gasteiger charge is 2.17. The molecule has 114 valence electrons. The first-order valence-corrected chi connectivity index (χ1v) is 7.50. The minimum absolute atomic E-state index is 0.244. The van der Waals surface area contributed by atoms with Crippen LogP contribution in [0.2, 0.25) is 0 Å². The third kappa shape index (κ3) is 3.85. The van der Waals surface area contributed by atoms with Crippen LogP contribution in [0.5, 0.6) is 5.75 Å². The zero-order chi connectivity index (χ0) is 15.2. The Labute approximate surface area is 127 Å². The van der Waals surface area contributed by atoms with Gasteiger partial charge in [0.1, 0.15) is 5.75 Å². The summed E-state index contributed by atoms with van der Waals surface area (Å²) in [5.41, 5.74) is 3.68. The molecule has 1 aromatic heterocycles. The van der Waals surface area contributed by atoms with Gasteiger partial charge in [0.15, 0.2) is 0 Å². The molecule has 2 rings (SSSR count). The van der Waals surface area contributed by atoms with Crippen LogP contribution in [0.25, 0.3) is 0 Å². The van der Waals surface area contributed by atoms with Crippen molar-refractivity contribution in [1.82, 2.24) is 15.1 Å². The van der Waals surface area contributed by atoms with Gasteiger partial charge in [-0.3, -0.25) is 4.68 Å². The van der Waals surface area contributed by atoms with Gasteiger partial charge >= 0.3 is 0 Å². The Morgan fingerprint density at radius 2 is 2.14 bits per heavy atom. The molecular formula is C17H25N3O. The van der Waals surface area contributed by atoms with Crippen LogP contribution in [-0.2, 0) is 13.5 Å². The van der Waals surface area contributed by atoms with Gasteiger partial charge in [-0.25, -0.2) is 0 Å². The molecule has 4 heteroatoms. The smallest absolute Gasteiger partial charge is 0.122 e. The molecule has 0 fully saturated rings. The summed E-state index contributed by atoms with van der Waals surface area (Å²) in [6.45, 7) is 5.28. The maximum Gasteiger partial charge on any atom is 0.122 e. The number of ether oxygens (including phenoxy) is 1. The van der Waals surface area contributed by atoms with Crippen molar-refractivity contribution in [2.24, 2.45) is 7.05 Å². The van der Waals surface area contributed by atoms with Crippen molar-refractivity contribution < 1.29 is 4.74 Å². The molecule has 1 aromatic carbocycles. The predicted molar refractivity (Wildman–Crippen MR) is 85.7 cm³/mol. The first-order chi connectivity index (χ1) is 10.2. The van der Waals surface area contributed by atoms with E-state index in [1.807, 2.05) is 24.0 Å². The molecule has 0 aliphatic heterocycles. The first-order valence-electron chi connectivity index (χ1n) is 7.50. The molecule has 0 amide bonds. The summed E-state index contributed by atoms with van der Waals surface area (Å²) < 4.78 is 7.44. The lowest BCUT2D eigenvalue weighted by Gasteiger charge is -2.20. The summed E-state index contributed by atoms with van der Waals surface area (Å²) >= 11 is 0. The van der Waals surface area contributed by atoms with Gasteiger partial charge in [0, 0.05) is 13.2 Å². The van der Waals surface area contributed by atoms with Gasteiger partial charge in [-0.15, -0.1) is 0 Å². The lowest BCUT2D eigenvalue weighted by atomic mass is 10.0. The second-order valence-electron chi connectivity index (χ2n) is 5.41. The fraction of sp³-hybridized carbons (Fsp3) is 0.471. The SMILES string of the molecule is CCCNC(Cc1cc(C)ccc1OC)c1ccnn1C. The summed E-state index contributed by atoms with van der Waals surface area (Å²) in [6.07, 6.45) is 3.85. The molecule has 2 aromatic rings. The van der Waals surface area contributed by atoms with E-state index in [0.29, 0.717) is 0 Å². The normalized spacial score (nSPS) is 12.4. The van der Waals surface area contributed by atoms with E-state index in [2.05, 4.69) is 42.5 Å². The molecule has 0 aliphatic carbocycles. The van der Waals surface area contributed by atoms with Crippen LogP contribution in [0.3, 0.4) is 0 Å².